The maximum Gasteiger partial charge on any atom is 0.267 e. The van der Waals surface area contributed by atoms with Crippen molar-refractivity contribution in [3.05, 3.63) is 52.1 Å². The van der Waals surface area contributed by atoms with Gasteiger partial charge in [-0.3, -0.25) is 14.6 Å². The summed E-state index contributed by atoms with van der Waals surface area (Å²) in [6, 6.07) is 6.94. The Kier molecular flexibility index (Phi) is 5.59. The number of para-hydroxylation sites is 1. The van der Waals surface area contributed by atoms with Gasteiger partial charge in [-0.05, 0) is 18.1 Å². The van der Waals surface area contributed by atoms with Gasteiger partial charge in [0.05, 0.1) is 11.2 Å². The van der Waals surface area contributed by atoms with E-state index in [2.05, 4.69) is 10.3 Å². The highest BCUT2D eigenvalue weighted by molar-refractivity contribution is 6.04. The molecule has 7 nitrogen and oxygen atoms in total. The van der Waals surface area contributed by atoms with Gasteiger partial charge >= 0.3 is 0 Å². The number of benzene rings is 1. The zero-order chi connectivity index (χ0) is 18.6. The lowest BCUT2D eigenvalue weighted by molar-refractivity contribution is 0.0963. The molecule has 4 N–H and O–H groups in total. The van der Waals surface area contributed by atoms with Gasteiger partial charge in [0.1, 0.15) is 11.3 Å². The number of amides is 1. The maximum atomic E-state index is 12.9. The number of allylic oxidation sites excluding steroid dienone is 1. The average molecular weight is 342 g/mol. The number of nitrogens with one attached hydrogen (secondary N) is 1. The van der Waals surface area contributed by atoms with Crippen LogP contribution in [-0.2, 0) is 6.54 Å². The van der Waals surface area contributed by atoms with Gasteiger partial charge in [-0.25, -0.2) is 0 Å². The lowest BCUT2D eigenvalue weighted by atomic mass is 10.1. The van der Waals surface area contributed by atoms with E-state index < -0.39 is 11.5 Å². The molecule has 0 spiro atoms. The summed E-state index contributed by atoms with van der Waals surface area (Å²) < 4.78 is 1.51. The van der Waals surface area contributed by atoms with Crippen molar-refractivity contribution in [2.75, 3.05) is 7.05 Å². The molecule has 0 aliphatic heterocycles. The van der Waals surface area contributed by atoms with Crippen molar-refractivity contribution in [1.82, 2.24) is 9.88 Å². The van der Waals surface area contributed by atoms with Gasteiger partial charge in [-0.1, -0.05) is 26.0 Å². The molecule has 0 bridgehead atoms. The van der Waals surface area contributed by atoms with Crippen LogP contribution in [0.25, 0.3) is 10.9 Å². The van der Waals surface area contributed by atoms with Gasteiger partial charge in [0.25, 0.3) is 11.5 Å². The predicted molar refractivity (Wildman–Crippen MR) is 98.9 cm³/mol. The molecule has 0 aliphatic rings. The van der Waals surface area contributed by atoms with Crippen molar-refractivity contribution in [2.45, 2.75) is 20.4 Å². The highest BCUT2D eigenvalue weighted by Crippen LogP contribution is 2.26. The number of pyridine rings is 1. The van der Waals surface area contributed by atoms with Crippen molar-refractivity contribution >= 4 is 23.0 Å². The van der Waals surface area contributed by atoms with E-state index in [0.29, 0.717) is 17.4 Å². The van der Waals surface area contributed by atoms with Crippen LogP contribution in [-0.4, -0.2) is 28.8 Å². The summed E-state index contributed by atoms with van der Waals surface area (Å²) in [5, 5.41) is 13.4. The summed E-state index contributed by atoms with van der Waals surface area (Å²) in [5.41, 5.74) is 5.38. The van der Waals surface area contributed by atoms with Gasteiger partial charge in [0.15, 0.2) is 0 Å². The molecular formula is C18H22N4O3. The fourth-order valence-corrected chi connectivity index (χ4v) is 2.59. The molecule has 2 rings (SSSR count). The molecule has 2 aromatic rings. The number of aliphatic imine (C=N–C) groups is 1. The van der Waals surface area contributed by atoms with Crippen LogP contribution in [0.4, 0.5) is 0 Å². The molecular weight excluding hydrogens is 320 g/mol. The molecule has 0 unspecified atom stereocenters. The molecule has 1 amide bonds. The summed E-state index contributed by atoms with van der Waals surface area (Å²) in [4.78, 5) is 29.2. The smallest absolute Gasteiger partial charge is 0.267 e. The predicted octanol–water partition coefficient (Wildman–Crippen LogP) is 1.59. The van der Waals surface area contributed by atoms with Crippen LogP contribution in [0.3, 0.4) is 0 Å². The van der Waals surface area contributed by atoms with Crippen molar-refractivity contribution in [3.8, 4) is 5.75 Å². The number of fused-ring (bicyclic) bond motifs is 1. The van der Waals surface area contributed by atoms with Crippen LogP contribution >= 0.6 is 0 Å². The van der Waals surface area contributed by atoms with E-state index in [1.165, 1.54) is 17.8 Å². The van der Waals surface area contributed by atoms with Gasteiger partial charge in [0, 0.05) is 31.4 Å². The van der Waals surface area contributed by atoms with E-state index in [0.717, 1.165) is 6.20 Å². The Morgan fingerprint density at radius 2 is 2.08 bits per heavy atom. The number of aromatic nitrogens is 1. The first-order chi connectivity index (χ1) is 11.9. The zero-order valence-corrected chi connectivity index (χ0v) is 14.5. The maximum absolute atomic E-state index is 12.9. The van der Waals surface area contributed by atoms with Crippen molar-refractivity contribution < 1.29 is 9.90 Å². The third-order valence-corrected chi connectivity index (χ3v) is 3.63. The summed E-state index contributed by atoms with van der Waals surface area (Å²) in [6.45, 7) is 4.37. The van der Waals surface area contributed by atoms with Crippen LogP contribution in [0.2, 0.25) is 0 Å². The standard InChI is InChI=1S/C18H22N4O3/c1-11(2)10-22-14-7-5-4-6-13(14)16(23)15(18(22)25)17(24)21-12(8-19)9-20-3/h4-9,11,23H,10,19H2,1-3H3,(H,21,24). The third kappa shape index (κ3) is 3.71. The summed E-state index contributed by atoms with van der Waals surface area (Å²) in [5.74, 6) is -0.890. The Balaban J connectivity index is 2.68. The van der Waals surface area contributed by atoms with Crippen LogP contribution in [0.15, 0.2) is 45.9 Å². The Morgan fingerprint density at radius 1 is 1.40 bits per heavy atom. The van der Waals surface area contributed by atoms with E-state index >= 15 is 0 Å². The lowest BCUT2D eigenvalue weighted by Gasteiger charge is -2.16. The number of nitrogens with zero attached hydrogens (tertiary/aromatic N) is 2. The Morgan fingerprint density at radius 3 is 2.68 bits per heavy atom. The van der Waals surface area contributed by atoms with Gasteiger partial charge < -0.3 is 20.7 Å². The largest absolute Gasteiger partial charge is 0.506 e. The highest BCUT2D eigenvalue weighted by atomic mass is 16.3. The second kappa shape index (κ2) is 7.65. The van der Waals surface area contributed by atoms with Crippen LogP contribution in [0.5, 0.6) is 5.75 Å². The number of nitrogens with two attached hydrogens (primary N) is 1. The molecule has 1 aromatic heterocycles. The number of hydrogen-bond acceptors (Lipinski definition) is 5. The topological polar surface area (TPSA) is 110 Å². The fraction of sp³-hybridized carbons (Fsp3) is 0.278. The first-order valence-corrected chi connectivity index (χ1v) is 7.90. The van der Waals surface area contributed by atoms with Crippen LogP contribution in [0, 0.1) is 5.92 Å². The molecule has 0 fully saturated rings. The molecule has 1 heterocycles. The van der Waals surface area contributed by atoms with Gasteiger partial charge in [-0.15, -0.1) is 0 Å². The van der Waals surface area contributed by atoms with Crippen LogP contribution < -0.4 is 16.6 Å². The zero-order valence-electron chi connectivity index (χ0n) is 14.5. The molecule has 0 saturated carbocycles. The molecule has 7 heteroatoms. The van der Waals surface area contributed by atoms with Crippen LogP contribution in [0.1, 0.15) is 24.2 Å². The fourth-order valence-electron chi connectivity index (χ4n) is 2.59. The minimum atomic E-state index is -0.734. The highest BCUT2D eigenvalue weighted by Gasteiger charge is 2.22. The van der Waals surface area contributed by atoms with E-state index in [9.17, 15) is 14.7 Å². The van der Waals surface area contributed by atoms with Crippen molar-refractivity contribution in [1.29, 1.82) is 0 Å². The van der Waals surface area contributed by atoms with E-state index in [4.69, 9.17) is 5.73 Å². The van der Waals surface area contributed by atoms with Crippen molar-refractivity contribution in [2.24, 2.45) is 16.6 Å². The van der Waals surface area contributed by atoms with Crippen molar-refractivity contribution in [3.63, 3.8) is 0 Å². The Hall–Kier alpha value is -3.09. The first-order valence-electron chi connectivity index (χ1n) is 7.90. The minimum Gasteiger partial charge on any atom is -0.506 e. The second-order valence-corrected chi connectivity index (χ2v) is 6.01. The summed E-state index contributed by atoms with van der Waals surface area (Å²) in [6.07, 6.45) is 2.51. The first kappa shape index (κ1) is 18.3. The number of carbonyl (C=O) groups excluding carboxylic acids is 1. The third-order valence-electron chi connectivity index (χ3n) is 3.63. The number of carbonyl (C=O) groups is 1. The number of hydrogen-bond donors (Lipinski definition) is 3. The SMILES string of the molecule is CN=CC(=CN)NC(=O)c1c(O)c2ccccc2n(CC(C)C)c1=O. The Labute approximate surface area is 145 Å². The lowest BCUT2D eigenvalue weighted by Crippen LogP contribution is -2.34. The average Bonchev–Trinajstić information content (AvgIpc) is 2.58. The molecule has 25 heavy (non-hydrogen) atoms. The normalized spacial score (nSPS) is 12.2. The second-order valence-electron chi connectivity index (χ2n) is 6.01. The quantitative estimate of drug-likeness (QED) is 0.717. The van der Waals surface area contributed by atoms with E-state index in [1.807, 2.05) is 13.8 Å². The molecule has 132 valence electrons. The minimum absolute atomic E-state index is 0.188. The monoisotopic (exact) mass is 342 g/mol. The number of rotatable bonds is 5. The molecule has 0 saturated heterocycles. The molecule has 0 atom stereocenters. The van der Waals surface area contributed by atoms with E-state index in [-0.39, 0.29) is 22.9 Å². The molecule has 0 radical (unpaired) electrons. The number of aromatic hydroxyl groups is 1. The molecule has 1 aromatic carbocycles. The summed E-state index contributed by atoms with van der Waals surface area (Å²) >= 11 is 0. The van der Waals surface area contributed by atoms with Gasteiger partial charge in [0.2, 0.25) is 0 Å². The van der Waals surface area contributed by atoms with Gasteiger partial charge in [-0.2, -0.15) is 0 Å². The summed E-state index contributed by atoms with van der Waals surface area (Å²) in [7, 11) is 1.53. The Bertz CT molecular complexity index is 910. The molecule has 0 aliphatic carbocycles. The van der Waals surface area contributed by atoms with E-state index in [1.54, 1.807) is 24.3 Å².